The molecule has 0 saturated carbocycles. The summed E-state index contributed by atoms with van der Waals surface area (Å²) in [5.41, 5.74) is 0.306. The normalized spacial score (nSPS) is 11.5. The van der Waals surface area contributed by atoms with Gasteiger partial charge in [-0.1, -0.05) is 26.0 Å². The summed E-state index contributed by atoms with van der Waals surface area (Å²) in [5.74, 6) is 0.233. The van der Waals surface area contributed by atoms with Crippen LogP contribution in [0.2, 0.25) is 0 Å². The molecule has 152 valence electrons. The maximum Gasteiger partial charge on any atom is 0.408 e. The Morgan fingerprint density at radius 1 is 1.11 bits per heavy atom. The lowest BCUT2D eigenvalue weighted by Gasteiger charge is -2.22. The summed E-state index contributed by atoms with van der Waals surface area (Å²) >= 11 is 3.71. The quantitative estimate of drug-likeness (QED) is 0.505. The van der Waals surface area contributed by atoms with Crippen molar-refractivity contribution in [3.63, 3.8) is 0 Å². The van der Waals surface area contributed by atoms with Gasteiger partial charge in [0.2, 0.25) is 0 Å². The fraction of sp³-hybridized carbons (Fsp3) is 0.550. The monoisotopic (exact) mass is 397 g/mol. The van der Waals surface area contributed by atoms with Gasteiger partial charge < -0.3 is 14.2 Å². The van der Waals surface area contributed by atoms with Crippen LogP contribution in [0.3, 0.4) is 0 Å². The van der Waals surface area contributed by atoms with Crippen molar-refractivity contribution in [2.24, 2.45) is 0 Å². The molecule has 0 aliphatic rings. The van der Waals surface area contributed by atoms with Crippen LogP contribution in [-0.2, 0) is 20.7 Å². The molecule has 0 fully saturated rings. The Hall–Kier alpha value is -2.02. The van der Waals surface area contributed by atoms with Gasteiger partial charge in [0, 0.05) is 25.8 Å². The molecule has 27 heavy (non-hydrogen) atoms. The number of carbonyl (C=O) groups is 3. The minimum absolute atomic E-state index is 0.0492. The molecule has 1 rings (SSSR count). The lowest BCUT2D eigenvalue weighted by molar-refractivity contribution is -0.125. The predicted octanol–water partition coefficient (Wildman–Crippen LogP) is 4.31. The number of amides is 1. The summed E-state index contributed by atoms with van der Waals surface area (Å²) in [5, 5.41) is 2.46. The Kier molecular flexibility index (Phi) is 11.5. The van der Waals surface area contributed by atoms with Crippen molar-refractivity contribution in [1.29, 1.82) is 0 Å². The zero-order valence-electron chi connectivity index (χ0n) is 17.0. The van der Waals surface area contributed by atoms with Crippen molar-refractivity contribution in [3.8, 4) is 5.75 Å². The number of Topliss-reactive ketones (excluding diaryl/α,β-unsaturated/α-hetero) is 2. The fourth-order valence-electron chi connectivity index (χ4n) is 2.08. The molecule has 0 aliphatic carbocycles. The highest BCUT2D eigenvalue weighted by Gasteiger charge is 2.24. The highest BCUT2D eigenvalue weighted by atomic mass is 32.1. The van der Waals surface area contributed by atoms with E-state index in [4.69, 9.17) is 8.92 Å². The number of aryl methyl sites for hydroxylation is 1. The van der Waals surface area contributed by atoms with Crippen molar-refractivity contribution in [3.05, 3.63) is 29.8 Å². The molecular weight excluding hydrogens is 366 g/mol. The zero-order valence-corrected chi connectivity index (χ0v) is 17.9. The van der Waals surface area contributed by atoms with E-state index in [0.29, 0.717) is 12.2 Å². The van der Waals surface area contributed by atoms with Crippen LogP contribution in [0, 0.1) is 0 Å². The van der Waals surface area contributed by atoms with Gasteiger partial charge >= 0.3 is 6.09 Å². The van der Waals surface area contributed by atoms with E-state index in [0.717, 1.165) is 5.56 Å². The van der Waals surface area contributed by atoms with Crippen LogP contribution in [0.25, 0.3) is 0 Å². The number of rotatable bonds is 8. The van der Waals surface area contributed by atoms with Gasteiger partial charge in [0.1, 0.15) is 17.1 Å². The fourth-order valence-corrected chi connectivity index (χ4v) is 2.20. The van der Waals surface area contributed by atoms with Gasteiger partial charge in [-0.2, -0.15) is 0 Å². The number of hydrogen-bond acceptors (Lipinski definition) is 6. The third-order valence-electron chi connectivity index (χ3n) is 3.33. The molecule has 1 unspecified atom stereocenters. The maximum atomic E-state index is 12.1. The van der Waals surface area contributed by atoms with Crippen molar-refractivity contribution < 1.29 is 23.3 Å². The first-order valence-electron chi connectivity index (χ1n) is 9.02. The smallest absolute Gasteiger partial charge is 0.408 e. The third-order valence-corrected chi connectivity index (χ3v) is 3.55. The number of nitrogens with one attached hydrogen (secondary N) is 1. The summed E-state index contributed by atoms with van der Waals surface area (Å²) in [6.45, 7) is 10.5. The van der Waals surface area contributed by atoms with Crippen LogP contribution in [-0.4, -0.2) is 29.3 Å². The number of hydrogen-bond donors (Lipinski definition) is 2. The minimum atomic E-state index is -0.873. The molecule has 1 amide bonds. The molecule has 0 bridgehead atoms. The van der Waals surface area contributed by atoms with Crippen LogP contribution in [0.5, 0.6) is 5.75 Å². The lowest BCUT2D eigenvalue weighted by atomic mass is 10.0. The highest BCUT2D eigenvalue weighted by molar-refractivity contribution is 7.75. The molecule has 0 spiro atoms. The van der Waals surface area contributed by atoms with E-state index in [-0.39, 0.29) is 24.4 Å². The molecule has 0 radical (unpaired) electrons. The van der Waals surface area contributed by atoms with E-state index in [1.54, 1.807) is 32.9 Å². The third kappa shape index (κ3) is 11.3. The van der Waals surface area contributed by atoms with Gasteiger partial charge in [-0.25, -0.2) is 4.79 Å². The first kappa shape index (κ1) is 25.0. The van der Waals surface area contributed by atoms with E-state index in [1.165, 1.54) is 6.92 Å². The Labute approximate surface area is 167 Å². The molecule has 7 heteroatoms. The number of benzene rings is 1. The van der Waals surface area contributed by atoms with Gasteiger partial charge in [-0.3, -0.25) is 9.59 Å². The zero-order chi connectivity index (χ0) is 21.0. The van der Waals surface area contributed by atoms with Crippen LogP contribution in [0.15, 0.2) is 24.3 Å². The van der Waals surface area contributed by atoms with Crippen LogP contribution < -0.4 is 9.50 Å². The van der Waals surface area contributed by atoms with Crippen molar-refractivity contribution >= 4 is 30.6 Å². The molecule has 0 aliphatic heterocycles. The summed E-state index contributed by atoms with van der Waals surface area (Å²) in [7, 11) is 0. The first-order valence-corrected chi connectivity index (χ1v) is 9.39. The van der Waals surface area contributed by atoms with Gasteiger partial charge in [0.15, 0.2) is 5.78 Å². The Bertz CT molecular complexity index is 608. The van der Waals surface area contributed by atoms with Crippen molar-refractivity contribution in [1.82, 2.24) is 5.32 Å². The van der Waals surface area contributed by atoms with E-state index in [1.807, 2.05) is 26.0 Å². The summed E-state index contributed by atoms with van der Waals surface area (Å²) in [6, 6.07) is 6.34. The number of ketones is 2. The van der Waals surface area contributed by atoms with Gasteiger partial charge in [0.25, 0.3) is 0 Å². The lowest BCUT2D eigenvalue weighted by Crippen LogP contribution is -2.43. The molecule has 0 saturated heterocycles. The molecule has 1 aromatic carbocycles. The maximum absolute atomic E-state index is 12.1. The number of ether oxygens (including phenoxy) is 1. The molecule has 0 heterocycles. The Morgan fingerprint density at radius 3 is 2.11 bits per heavy atom. The van der Waals surface area contributed by atoms with Crippen LogP contribution in [0.4, 0.5) is 4.79 Å². The van der Waals surface area contributed by atoms with E-state index >= 15 is 0 Å². The minimum Gasteiger partial charge on any atom is -0.444 e. The summed E-state index contributed by atoms with van der Waals surface area (Å²) < 4.78 is 9.90. The second-order valence-electron chi connectivity index (χ2n) is 6.79. The number of thiol groups is 1. The van der Waals surface area contributed by atoms with Crippen LogP contribution in [0.1, 0.15) is 59.9 Å². The molecule has 0 aromatic heterocycles. The second-order valence-corrected chi connectivity index (χ2v) is 6.97. The van der Waals surface area contributed by atoms with Crippen molar-refractivity contribution in [2.75, 3.05) is 0 Å². The average Bonchev–Trinajstić information content (AvgIpc) is 2.60. The first-order chi connectivity index (χ1) is 12.6. The predicted molar refractivity (Wildman–Crippen MR) is 109 cm³/mol. The molecule has 1 atom stereocenters. The number of carbonyl (C=O) groups excluding carboxylic acids is 3. The Balaban J connectivity index is 0.00000326. The highest BCUT2D eigenvalue weighted by Crippen LogP contribution is 2.15. The molecule has 6 nitrogen and oxygen atoms in total. The van der Waals surface area contributed by atoms with Crippen LogP contribution >= 0.6 is 12.9 Å². The standard InChI is InChI=1S/C18H25NO5S.C2H6/c1-12(20)16(19-17(22)23-18(2,3)4)11-14(21)8-5-13-6-9-15(24-25)10-7-13;1-2/h6-7,9-10,16,25H,5,8,11H2,1-4H3,(H,19,22);1-2H3. The van der Waals surface area contributed by atoms with Gasteiger partial charge in [-0.05, 0) is 51.8 Å². The van der Waals surface area contributed by atoms with E-state index in [9.17, 15) is 14.4 Å². The van der Waals surface area contributed by atoms with Gasteiger partial charge in [0.05, 0.1) is 6.04 Å². The van der Waals surface area contributed by atoms with E-state index in [2.05, 4.69) is 18.2 Å². The SMILES string of the molecule is CC.CC(=O)C(CC(=O)CCc1ccc(OS)cc1)NC(=O)OC(C)(C)C. The average molecular weight is 398 g/mol. The second kappa shape index (κ2) is 12.4. The topological polar surface area (TPSA) is 81.7 Å². The molecule has 1 N–H and O–H groups in total. The summed E-state index contributed by atoms with van der Waals surface area (Å²) in [6.07, 6.45) is 0.0681. The van der Waals surface area contributed by atoms with Crippen molar-refractivity contribution in [2.45, 2.75) is 72.4 Å². The Morgan fingerprint density at radius 2 is 1.67 bits per heavy atom. The molecular formula is C20H31NO5S. The molecule has 1 aromatic rings. The number of alkyl carbamates (subject to hydrolysis) is 1. The van der Waals surface area contributed by atoms with E-state index < -0.39 is 17.7 Å². The summed E-state index contributed by atoms with van der Waals surface area (Å²) in [4.78, 5) is 35.6. The largest absolute Gasteiger partial charge is 0.444 e. The van der Waals surface area contributed by atoms with Gasteiger partial charge in [-0.15, -0.1) is 0 Å².